The summed E-state index contributed by atoms with van der Waals surface area (Å²) in [5.74, 6) is 1.34. The highest BCUT2D eigenvalue weighted by Gasteiger charge is 2.32. The molecule has 3 rings (SSSR count). The standard InChI is InChI=1S/C35H47NO3/c1-25(15-11-17-27(3)34(38)36-24-30-18-8-7-9-19-30)13-10-14-26(2)16-12-21-35(6)22-20-31-23-32(37)28(4)29(5)33(31)39-35/h7-9,13,16-19,23,37H,10-12,14-15,20-22,24H2,1-6H3,(H,36,38). The molecule has 2 aromatic carbocycles. The number of allylic oxidation sites excluding steroid dienone is 5. The number of rotatable bonds is 12. The minimum Gasteiger partial charge on any atom is -0.508 e. The van der Waals surface area contributed by atoms with Crippen molar-refractivity contribution in [2.45, 2.75) is 105 Å². The molecule has 2 aromatic rings. The zero-order valence-corrected chi connectivity index (χ0v) is 24.8. The van der Waals surface area contributed by atoms with Crippen LogP contribution in [0.1, 0.15) is 94.9 Å². The third-order valence-corrected chi connectivity index (χ3v) is 8.00. The summed E-state index contributed by atoms with van der Waals surface area (Å²) < 4.78 is 6.50. The van der Waals surface area contributed by atoms with Crippen molar-refractivity contribution < 1.29 is 14.6 Å². The highest BCUT2D eigenvalue weighted by Crippen LogP contribution is 2.41. The quantitative estimate of drug-likeness (QED) is 0.214. The van der Waals surface area contributed by atoms with Gasteiger partial charge in [-0.3, -0.25) is 4.79 Å². The molecule has 0 aromatic heterocycles. The summed E-state index contributed by atoms with van der Waals surface area (Å²) in [4.78, 5) is 12.3. The summed E-state index contributed by atoms with van der Waals surface area (Å²) >= 11 is 0. The second-order valence-corrected chi connectivity index (χ2v) is 11.5. The molecule has 210 valence electrons. The van der Waals surface area contributed by atoms with Crippen LogP contribution in [0.15, 0.2) is 71.3 Å². The number of carbonyl (C=O) groups excluding carboxylic acids is 1. The number of phenols is 1. The maximum Gasteiger partial charge on any atom is 0.246 e. The molecule has 1 aliphatic rings. The monoisotopic (exact) mass is 529 g/mol. The Morgan fingerprint density at radius 2 is 1.62 bits per heavy atom. The lowest BCUT2D eigenvalue weighted by Crippen LogP contribution is -2.36. The van der Waals surface area contributed by atoms with E-state index < -0.39 is 0 Å². The molecular formula is C35H47NO3. The van der Waals surface area contributed by atoms with Crippen molar-refractivity contribution in [3.8, 4) is 11.5 Å². The first kappa shape index (κ1) is 30.3. The number of nitrogens with one attached hydrogen (secondary N) is 1. The predicted molar refractivity (Wildman–Crippen MR) is 162 cm³/mol. The maximum absolute atomic E-state index is 12.3. The largest absolute Gasteiger partial charge is 0.508 e. The maximum atomic E-state index is 12.3. The Morgan fingerprint density at radius 1 is 0.974 bits per heavy atom. The van der Waals surface area contributed by atoms with Gasteiger partial charge < -0.3 is 15.2 Å². The number of amides is 1. The number of hydrogen-bond acceptors (Lipinski definition) is 3. The first-order valence-electron chi connectivity index (χ1n) is 14.4. The van der Waals surface area contributed by atoms with Gasteiger partial charge in [-0.25, -0.2) is 0 Å². The molecule has 1 unspecified atom stereocenters. The zero-order valence-electron chi connectivity index (χ0n) is 24.8. The first-order valence-corrected chi connectivity index (χ1v) is 14.4. The Hall–Kier alpha value is -3.27. The number of aryl methyl sites for hydroxylation is 1. The molecule has 0 fully saturated rings. The van der Waals surface area contributed by atoms with Crippen molar-refractivity contribution in [2.75, 3.05) is 0 Å². The van der Waals surface area contributed by atoms with Gasteiger partial charge in [-0.05, 0) is 121 Å². The van der Waals surface area contributed by atoms with E-state index >= 15 is 0 Å². The number of ether oxygens (including phenoxy) is 1. The van der Waals surface area contributed by atoms with Crippen LogP contribution >= 0.6 is 0 Å². The molecule has 0 spiro atoms. The predicted octanol–water partition coefficient (Wildman–Crippen LogP) is 8.59. The topological polar surface area (TPSA) is 58.6 Å². The Morgan fingerprint density at radius 3 is 2.31 bits per heavy atom. The van der Waals surface area contributed by atoms with Gasteiger partial charge in [-0.2, -0.15) is 0 Å². The number of carbonyl (C=O) groups is 1. The molecule has 4 nitrogen and oxygen atoms in total. The van der Waals surface area contributed by atoms with Gasteiger partial charge in [-0.1, -0.05) is 59.7 Å². The van der Waals surface area contributed by atoms with E-state index in [0.717, 1.165) is 84.9 Å². The van der Waals surface area contributed by atoms with Gasteiger partial charge in [0.1, 0.15) is 17.1 Å². The van der Waals surface area contributed by atoms with E-state index in [1.165, 1.54) is 11.1 Å². The van der Waals surface area contributed by atoms with Crippen LogP contribution in [0.3, 0.4) is 0 Å². The van der Waals surface area contributed by atoms with Crippen molar-refractivity contribution >= 4 is 5.91 Å². The molecule has 1 aliphatic heterocycles. The van der Waals surface area contributed by atoms with Crippen molar-refractivity contribution in [3.63, 3.8) is 0 Å². The fourth-order valence-electron chi connectivity index (χ4n) is 5.04. The van der Waals surface area contributed by atoms with E-state index in [2.05, 4.69) is 38.2 Å². The van der Waals surface area contributed by atoms with Gasteiger partial charge in [0.25, 0.3) is 0 Å². The van der Waals surface area contributed by atoms with Gasteiger partial charge in [0, 0.05) is 12.1 Å². The molecular weight excluding hydrogens is 482 g/mol. The Labute approximate surface area is 235 Å². The van der Waals surface area contributed by atoms with Gasteiger partial charge in [0.2, 0.25) is 5.91 Å². The fraction of sp³-hybridized carbons (Fsp3) is 0.457. The van der Waals surface area contributed by atoms with Crippen LogP contribution in [-0.2, 0) is 17.8 Å². The van der Waals surface area contributed by atoms with Crippen LogP contribution in [0.2, 0.25) is 0 Å². The summed E-state index contributed by atoms with van der Waals surface area (Å²) in [5, 5.41) is 13.1. The van der Waals surface area contributed by atoms with E-state index in [4.69, 9.17) is 4.74 Å². The summed E-state index contributed by atoms with van der Waals surface area (Å²) in [6.07, 6.45) is 14.6. The highest BCUT2D eigenvalue weighted by atomic mass is 16.5. The lowest BCUT2D eigenvalue weighted by Gasteiger charge is -2.37. The average Bonchev–Trinajstić information content (AvgIpc) is 2.91. The molecule has 4 heteroatoms. The van der Waals surface area contributed by atoms with Gasteiger partial charge >= 0.3 is 0 Å². The van der Waals surface area contributed by atoms with Crippen LogP contribution in [0, 0.1) is 13.8 Å². The van der Waals surface area contributed by atoms with Crippen LogP contribution in [0.25, 0.3) is 0 Å². The third kappa shape index (κ3) is 9.16. The zero-order chi connectivity index (χ0) is 28.4. The molecule has 1 heterocycles. The number of benzene rings is 2. The molecule has 39 heavy (non-hydrogen) atoms. The van der Waals surface area contributed by atoms with Crippen LogP contribution in [-0.4, -0.2) is 16.6 Å². The molecule has 0 saturated carbocycles. The summed E-state index contributed by atoms with van der Waals surface area (Å²) in [7, 11) is 0. The third-order valence-electron chi connectivity index (χ3n) is 8.00. The Balaban J connectivity index is 1.37. The molecule has 1 amide bonds. The van der Waals surface area contributed by atoms with Crippen molar-refractivity contribution in [1.29, 1.82) is 0 Å². The lowest BCUT2D eigenvalue weighted by atomic mass is 9.87. The molecule has 1 atom stereocenters. The summed E-state index contributed by atoms with van der Waals surface area (Å²) in [5.41, 5.74) is 7.60. The van der Waals surface area contributed by atoms with Crippen LogP contribution < -0.4 is 10.1 Å². The Kier molecular flexibility index (Phi) is 11.0. The van der Waals surface area contributed by atoms with E-state index in [0.29, 0.717) is 12.3 Å². The number of fused-ring (bicyclic) bond motifs is 1. The van der Waals surface area contributed by atoms with Crippen LogP contribution in [0.5, 0.6) is 11.5 Å². The summed E-state index contributed by atoms with van der Waals surface area (Å²) in [6, 6.07) is 11.9. The second kappa shape index (κ2) is 14.2. The molecule has 0 radical (unpaired) electrons. The minimum absolute atomic E-state index is 0.00230. The van der Waals surface area contributed by atoms with E-state index in [9.17, 15) is 9.90 Å². The highest BCUT2D eigenvalue weighted by molar-refractivity contribution is 5.92. The molecule has 0 saturated heterocycles. The first-order chi connectivity index (χ1) is 18.6. The summed E-state index contributed by atoms with van der Waals surface area (Å²) in [6.45, 7) is 13.1. The number of phenolic OH excluding ortho intramolecular Hbond substituents is 1. The van der Waals surface area contributed by atoms with E-state index in [1.807, 2.05) is 63.2 Å². The van der Waals surface area contributed by atoms with Gasteiger partial charge in [0.15, 0.2) is 0 Å². The van der Waals surface area contributed by atoms with Crippen molar-refractivity contribution in [3.05, 3.63) is 93.6 Å². The van der Waals surface area contributed by atoms with Crippen LogP contribution in [0.4, 0.5) is 0 Å². The van der Waals surface area contributed by atoms with Gasteiger partial charge in [0.05, 0.1) is 0 Å². The SMILES string of the molecule is CC(=CCCC(C)=CCCC1(C)CCc2cc(O)c(C)c(C)c2O1)CCC=C(C)C(=O)NCc1ccccc1. The molecule has 0 aliphatic carbocycles. The second-order valence-electron chi connectivity index (χ2n) is 11.5. The molecule has 2 N–H and O–H groups in total. The number of aromatic hydroxyl groups is 1. The van der Waals surface area contributed by atoms with E-state index in [-0.39, 0.29) is 11.5 Å². The number of hydrogen-bond donors (Lipinski definition) is 2. The lowest BCUT2D eigenvalue weighted by molar-refractivity contribution is -0.117. The average molecular weight is 530 g/mol. The van der Waals surface area contributed by atoms with Crippen molar-refractivity contribution in [1.82, 2.24) is 5.32 Å². The fourth-order valence-corrected chi connectivity index (χ4v) is 5.04. The Bertz CT molecular complexity index is 1220. The van der Waals surface area contributed by atoms with Crippen molar-refractivity contribution in [2.24, 2.45) is 0 Å². The van der Waals surface area contributed by atoms with Gasteiger partial charge in [-0.15, -0.1) is 0 Å². The minimum atomic E-state index is -0.168. The molecule has 0 bridgehead atoms. The smallest absolute Gasteiger partial charge is 0.246 e. The van der Waals surface area contributed by atoms with E-state index in [1.54, 1.807) is 0 Å². The normalized spacial score (nSPS) is 17.9.